The van der Waals surface area contributed by atoms with Crippen molar-refractivity contribution in [3.8, 4) is 0 Å². The number of rotatable bonds is 19. The highest BCUT2D eigenvalue weighted by molar-refractivity contribution is 6.15. The molecular formula is C29H47N3O4. The van der Waals surface area contributed by atoms with E-state index in [0.717, 1.165) is 17.9 Å². The molecule has 2 amide bonds. The molecule has 1 aliphatic rings. The number of benzene rings is 1. The lowest BCUT2D eigenvalue weighted by Crippen LogP contribution is -2.32. The van der Waals surface area contributed by atoms with Gasteiger partial charge in [0, 0.05) is 12.1 Å². The van der Waals surface area contributed by atoms with Gasteiger partial charge in [0.1, 0.15) is 0 Å². The van der Waals surface area contributed by atoms with E-state index in [2.05, 4.69) is 17.3 Å². The number of carbonyl (C=O) groups excluding carboxylic acids is 2. The van der Waals surface area contributed by atoms with Crippen molar-refractivity contribution in [3.63, 3.8) is 0 Å². The van der Waals surface area contributed by atoms with Crippen LogP contribution in [0.1, 0.15) is 117 Å². The van der Waals surface area contributed by atoms with Crippen LogP contribution < -0.4 is 10.3 Å². The molecule has 0 saturated carbocycles. The van der Waals surface area contributed by atoms with Crippen LogP contribution in [0.4, 0.5) is 11.4 Å². The van der Waals surface area contributed by atoms with Gasteiger partial charge in [-0.3, -0.25) is 9.59 Å². The highest BCUT2D eigenvalue weighted by Crippen LogP contribution is 2.23. The number of carbonyl (C=O) groups is 2. The Bertz CT molecular complexity index is 794. The van der Waals surface area contributed by atoms with Crippen molar-refractivity contribution < 1.29 is 19.4 Å². The molecular weight excluding hydrogens is 454 g/mol. The normalized spacial score (nSPS) is 15.3. The van der Waals surface area contributed by atoms with Gasteiger partial charge in [0.15, 0.2) is 0 Å². The van der Waals surface area contributed by atoms with Gasteiger partial charge < -0.3 is 15.2 Å². The summed E-state index contributed by atoms with van der Waals surface area (Å²) in [5, 5.41) is 18.0. The molecule has 1 aliphatic heterocycles. The minimum absolute atomic E-state index is 0.00164. The molecule has 7 nitrogen and oxygen atoms in total. The molecule has 1 heterocycles. The van der Waals surface area contributed by atoms with Gasteiger partial charge >= 0.3 is 0 Å². The number of hydrazone groups is 1. The summed E-state index contributed by atoms with van der Waals surface area (Å²) in [6.45, 7) is 4.35. The van der Waals surface area contributed by atoms with E-state index in [9.17, 15) is 14.7 Å². The summed E-state index contributed by atoms with van der Waals surface area (Å²) in [5.41, 5.74) is 1.18. The molecule has 1 aromatic rings. The first-order chi connectivity index (χ1) is 17.6. The molecule has 7 heteroatoms. The number of hydrogen-bond donors (Lipinski definition) is 2. The number of hydrogen-bond acceptors (Lipinski definition) is 5. The number of aliphatic hydroxyl groups excluding tert-OH is 1. The molecule has 2 N–H and O–H groups in total. The monoisotopic (exact) mass is 501 g/mol. The van der Waals surface area contributed by atoms with Crippen molar-refractivity contribution in [2.75, 3.05) is 16.9 Å². The van der Waals surface area contributed by atoms with E-state index in [4.69, 9.17) is 4.74 Å². The summed E-state index contributed by atoms with van der Waals surface area (Å²) in [5.74, 6) is -0.548. The molecule has 0 saturated heterocycles. The smallest absolute Gasteiger partial charge is 0.286 e. The minimum Gasteiger partial charge on any atom is -0.478 e. The molecule has 36 heavy (non-hydrogen) atoms. The number of anilines is 2. The van der Waals surface area contributed by atoms with Crippen molar-refractivity contribution in [1.82, 2.24) is 0 Å². The third-order valence-corrected chi connectivity index (χ3v) is 6.57. The molecule has 0 bridgehead atoms. The Morgan fingerprint density at radius 2 is 1.36 bits per heavy atom. The summed E-state index contributed by atoms with van der Waals surface area (Å²) in [4.78, 5) is 24.4. The van der Waals surface area contributed by atoms with Gasteiger partial charge in [-0.2, -0.15) is 5.01 Å². The molecule has 0 aromatic heterocycles. The fourth-order valence-electron chi connectivity index (χ4n) is 4.43. The highest BCUT2D eigenvalue weighted by Gasteiger charge is 2.36. The molecule has 1 unspecified atom stereocenters. The first-order valence-electron chi connectivity index (χ1n) is 14.2. The van der Waals surface area contributed by atoms with E-state index >= 15 is 0 Å². The second-order valence-corrected chi connectivity index (χ2v) is 9.72. The van der Waals surface area contributed by atoms with Gasteiger partial charge in [-0.05, 0) is 37.6 Å². The standard InChI is InChI=1S/C29H47N3O4/c1-3-5-6-7-8-9-10-11-12-13-14-15-16-17-18-19-26(33)30-24-20-22-25(23-21-24)32-29(35)27(34)28(31-32)36-4-2/h20-23,27,34H,3-19H2,1-2H3,(H,30,33). The van der Waals surface area contributed by atoms with E-state index < -0.39 is 12.0 Å². The zero-order valence-corrected chi connectivity index (χ0v) is 22.5. The average molecular weight is 502 g/mol. The lowest BCUT2D eigenvalue weighted by Gasteiger charge is -2.12. The maximum atomic E-state index is 12.3. The first-order valence-corrected chi connectivity index (χ1v) is 14.2. The number of unbranched alkanes of at least 4 members (excludes halogenated alkanes) is 14. The lowest BCUT2D eigenvalue weighted by atomic mass is 10.0. The molecule has 0 aliphatic carbocycles. The molecule has 0 spiro atoms. The number of ether oxygens (including phenoxy) is 1. The van der Waals surface area contributed by atoms with Crippen molar-refractivity contribution in [2.24, 2.45) is 5.10 Å². The van der Waals surface area contributed by atoms with Crippen LogP contribution >= 0.6 is 0 Å². The highest BCUT2D eigenvalue weighted by atomic mass is 16.5. The van der Waals surface area contributed by atoms with Crippen LogP contribution in [0.5, 0.6) is 0 Å². The lowest BCUT2D eigenvalue weighted by molar-refractivity contribution is -0.123. The van der Waals surface area contributed by atoms with Crippen LogP contribution in [-0.4, -0.2) is 35.5 Å². The Morgan fingerprint density at radius 3 is 1.86 bits per heavy atom. The molecule has 2 rings (SSSR count). The maximum absolute atomic E-state index is 12.3. The third-order valence-electron chi connectivity index (χ3n) is 6.57. The fourth-order valence-corrected chi connectivity index (χ4v) is 4.43. The first kappa shape index (κ1) is 29.8. The van der Waals surface area contributed by atoms with Crippen LogP contribution in [0.3, 0.4) is 0 Å². The van der Waals surface area contributed by atoms with E-state index in [1.54, 1.807) is 31.2 Å². The van der Waals surface area contributed by atoms with Gasteiger partial charge in [-0.15, -0.1) is 5.10 Å². The molecule has 0 fully saturated rings. The van der Waals surface area contributed by atoms with Gasteiger partial charge in [-0.1, -0.05) is 96.8 Å². The number of aliphatic hydroxyl groups is 1. The van der Waals surface area contributed by atoms with Gasteiger partial charge in [0.25, 0.3) is 5.91 Å². The van der Waals surface area contributed by atoms with E-state index in [1.807, 2.05) is 0 Å². The summed E-state index contributed by atoms with van der Waals surface area (Å²) in [6, 6.07) is 6.83. The van der Waals surface area contributed by atoms with Crippen molar-refractivity contribution >= 4 is 29.1 Å². The number of nitrogens with one attached hydrogen (secondary N) is 1. The largest absolute Gasteiger partial charge is 0.478 e. The van der Waals surface area contributed by atoms with Gasteiger partial charge in [0.2, 0.25) is 17.9 Å². The summed E-state index contributed by atoms with van der Waals surface area (Å²) in [6.07, 6.45) is 18.7. The fraction of sp³-hybridized carbons (Fsp3) is 0.690. The second kappa shape index (κ2) is 17.9. The van der Waals surface area contributed by atoms with Crippen LogP contribution in [0, 0.1) is 0 Å². The predicted molar refractivity (Wildman–Crippen MR) is 147 cm³/mol. The summed E-state index contributed by atoms with van der Waals surface area (Å²) in [7, 11) is 0. The Kier molecular flexibility index (Phi) is 14.9. The maximum Gasteiger partial charge on any atom is 0.286 e. The predicted octanol–water partition coefficient (Wildman–Crippen LogP) is 6.94. The number of amides is 2. The van der Waals surface area contributed by atoms with Crippen LogP contribution in [-0.2, 0) is 14.3 Å². The van der Waals surface area contributed by atoms with Crippen molar-refractivity contribution in [3.05, 3.63) is 24.3 Å². The van der Waals surface area contributed by atoms with Crippen LogP contribution in [0.15, 0.2) is 29.4 Å². The quantitative estimate of drug-likeness (QED) is 0.201. The van der Waals surface area contributed by atoms with Crippen molar-refractivity contribution in [1.29, 1.82) is 0 Å². The Balaban J connectivity index is 1.50. The summed E-state index contributed by atoms with van der Waals surface area (Å²) < 4.78 is 5.20. The minimum atomic E-state index is -1.38. The molecule has 0 radical (unpaired) electrons. The molecule has 202 valence electrons. The molecule has 1 atom stereocenters. The van der Waals surface area contributed by atoms with E-state index in [0.29, 0.717) is 24.4 Å². The van der Waals surface area contributed by atoms with Crippen LogP contribution in [0.2, 0.25) is 0 Å². The average Bonchev–Trinajstić information content (AvgIpc) is 3.15. The third kappa shape index (κ3) is 11.1. The van der Waals surface area contributed by atoms with E-state index in [1.165, 1.54) is 83.5 Å². The zero-order chi connectivity index (χ0) is 26.0. The topological polar surface area (TPSA) is 91.2 Å². The number of nitrogens with zero attached hydrogens (tertiary/aromatic N) is 2. The second-order valence-electron chi connectivity index (χ2n) is 9.72. The SMILES string of the molecule is CCCCCCCCCCCCCCCCCC(=O)Nc1ccc(N2N=C(OCC)C(O)C2=O)cc1. The Morgan fingerprint density at radius 1 is 0.861 bits per heavy atom. The van der Waals surface area contributed by atoms with Crippen LogP contribution in [0.25, 0.3) is 0 Å². The summed E-state index contributed by atoms with van der Waals surface area (Å²) >= 11 is 0. The Hall–Kier alpha value is -2.41. The zero-order valence-electron chi connectivity index (χ0n) is 22.5. The van der Waals surface area contributed by atoms with Gasteiger partial charge in [0.05, 0.1) is 12.3 Å². The van der Waals surface area contributed by atoms with E-state index in [-0.39, 0.29) is 11.8 Å². The van der Waals surface area contributed by atoms with Crippen molar-refractivity contribution in [2.45, 2.75) is 123 Å². The van der Waals surface area contributed by atoms with Gasteiger partial charge in [-0.25, -0.2) is 0 Å². The molecule has 1 aromatic carbocycles. The Labute approximate surface area is 217 Å².